The number of aliphatic hydroxyl groups is 1. The Bertz CT molecular complexity index is 1790. The molecule has 0 aromatic heterocycles. The van der Waals surface area contributed by atoms with E-state index in [0.29, 0.717) is 37.5 Å². The van der Waals surface area contributed by atoms with Crippen LogP contribution in [0.2, 0.25) is 0 Å². The van der Waals surface area contributed by atoms with Crippen molar-refractivity contribution in [1.29, 1.82) is 0 Å². The zero-order chi connectivity index (χ0) is 67.3. The minimum atomic E-state index is -4.95. The molecule has 0 bridgehead atoms. The first kappa shape index (κ1) is 89.1. The minimum absolute atomic E-state index is 0.101. The van der Waals surface area contributed by atoms with Gasteiger partial charge in [-0.15, -0.1) is 0 Å². The molecule has 0 saturated carbocycles. The highest BCUT2D eigenvalue weighted by Crippen LogP contribution is 2.45. The molecule has 0 aromatic carbocycles. The van der Waals surface area contributed by atoms with Crippen molar-refractivity contribution < 1.29 is 80.2 Å². The maximum absolute atomic E-state index is 13.0. The summed E-state index contributed by atoms with van der Waals surface area (Å²) in [6.45, 7) is 11.7. The number of carbonyl (C=O) groups is 4. The molecule has 0 radical (unpaired) electrons. The summed E-state index contributed by atoms with van der Waals surface area (Å²) in [6, 6.07) is 0. The third-order valence-electron chi connectivity index (χ3n) is 17.0. The van der Waals surface area contributed by atoms with E-state index in [1.807, 2.05) is 0 Å². The zero-order valence-electron chi connectivity index (χ0n) is 59.3. The summed E-state index contributed by atoms with van der Waals surface area (Å²) in [5, 5.41) is 10.6. The Balaban J connectivity index is 5.21. The summed E-state index contributed by atoms with van der Waals surface area (Å²) in [5.74, 6) is 0.0653. The Kier molecular flexibility index (Phi) is 61.5. The zero-order valence-corrected chi connectivity index (χ0v) is 61.1. The van der Waals surface area contributed by atoms with Crippen molar-refractivity contribution in [3.8, 4) is 0 Å². The molecule has 3 N–H and O–H groups in total. The Labute approximate surface area is 556 Å². The molecule has 0 fully saturated rings. The topological polar surface area (TPSA) is 237 Å². The molecular formula is C72H140O17P2. The van der Waals surface area contributed by atoms with Gasteiger partial charge >= 0.3 is 39.5 Å². The highest BCUT2D eigenvalue weighted by molar-refractivity contribution is 7.47. The van der Waals surface area contributed by atoms with E-state index in [9.17, 15) is 43.2 Å². The number of phosphoric acid groups is 2. The van der Waals surface area contributed by atoms with Crippen LogP contribution in [0, 0.1) is 17.8 Å². The molecule has 19 heteroatoms. The predicted molar refractivity (Wildman–Crippen MR) is 368 cm³/mol. The quantitative estimate of drug-likeness (QED) is 0.0222. The van der Waals surface area contributed by atoms with Crippen molar-refractivity contribution in [1.82, 2.24) is 0 Å². The second-order valence-electron chi connectivity index (χ2n) is 27.2. The number of unbranched alkanes of at least 4 members (excludes halogenated alkanes) is 37. The lowest BCUT2D eigenvalue weighted by atomic mass is 9.99. The number of rotatable bonds is 70. The van der Waals surface area contributed by atoms with Crippen LogP contribution < -0.4 is 0 Å². The number of ether oxygens (including phenoxy) is 4. The lowest BCUT2D eigenvalue weighted by Crippen LogP contribution is -2.30. The SMILES string of the molecule is CCCCCCCCCCCCCCCCCC(=O)OC[C@H](COP(=O)(O)OC[C@@H](O)COP(=O)(O)OC[C@@H](COC(=O)CCCCCCCCC(C)C)OC(=O)CCCCCCCCC(C)C)OC(=O)CCCCCCCCCCCCCCCCC(C)CC. The largest absolute Gasteiger partial charge is 0.472 e. The van der Waals surface area contributed by atoms with Crippen LogP contribution in [0.15, 0.2) is 0 Å². The Hall–Kier alpha value is -1.94. The molecule has 0 aromatic rings. The number of phosphoric ester groups is 2. The van der Waals surface area contributed by atoms with Gasteiger partial charge in [0.15, 0.2) is 12.2 Å². The van der Waals surface area contributed by atoms with Crippen LogP contribution in [0.1, 0.15) is 363 Å². The van der Waals surface area contributed by atoms with Gasteiger partial charge in [-0.1, -0.05) is 312 Å². The van der Waals surface area contributed by atoms with Gasteiger partial charge < -0.3 is 33.8 Å². The normalized spacial score (nSPS) is 14.5. The van der Waals surface area contributed by atoms with Crippen LogP contribution in [0.5, 0.6) is 0 Å². The lowest BCUT2D eigenvalue weighted by Gasteiger charge is -2.21. The van der Waals surface area contributed by atoms with E-state index in [2.05, 4.69) is 48.5 Å². The average molecular weight is 1340 g/mol. The summed E-state index contributed by atoms with van der Waals surface area (Å²) in [6.07, 6.45) is 47.5. The van der Waals surface area contributed by atoms with Crippen LogP contribution in [0.25, 0.3) is 0 Å². The minimum Gasteiger partial charge on any atom is -0.462 e. The summed E-state index contributed by atoms with van der Waals surface area (Å²) in [5.41, 5.74) is 0. The molecule has 0 aliphatic carbocycles. The molecule has 0 amide bonds. The molecule has 0 spiro atoms. The Morgan fingerprint density at radius 1 is 0.319 bits per heavy atom. The van der Waals surface area contributed by atoms with E-state index < -0.39 is 97.5 Å². The maximum Gasteiger partial charge on any atom is 0.472 e. The molecule has 540 valence electrons. The van der Waals surface area contributed by atoms with Crippen molar-refractivity contribution in [3.63, 3.8) is 0 Å². The predicted octanol–water partition coefficient (Wildman–Crippen LogP) is 20.6. The lowest BCUT2D eigenvalue weighted by molar-refractivity contribution is -0.161. The molecule has 0 heterocycles. The van der Waals surface area contributed by atoms with Gasteiger partial charge in [0.2, 0.25) is 0 Å². The van der Waals surface area contributed by atoms with Gasteiger partial charge in [0.25, 0.3) is 0 Å². The summed E-state index contributed by atoms with van der Waals surface area (Å²) in [4.78, 5) is 72.5. The van der Waals surface area contributed by atoms with Crippen molar-refractivity contribution in [2.45, 2.75) is 381 Å². The van der Waals surface area contributed by atoms with Crippen LogP contribution in [0.3, 0.4) is 0 Å². The highest BCUT2D eigenvalue weighted by atomic mass is 31.2. The van der Waals surface area contributed by atoms with Gasteiger partial charge in [-0.25, -0.2) is 9.13 Å². The van der Waals surface area contributed by atoms with Gasteiger partial charge in [-0.05, 0) is 43.4 Å². The second kappa shape index (κ2) is 62.8. The highest BCUT2D eigenvalue weighted by Gasteiger charge is 2.30. The number of aliphatic hydroxyl groups excluding tert-OH is 1. The van der Waals surface area contributed by atoms with Crippen molar-refractivity contribution in [2.75, 3.05) is 39.6 Å². The fraction of sp³-hybridized carbons (Fsp3) is 0.944. The number of hydrogen-bond donors (Lipinski definition) is 3. The van der Waals surface area contributed by atoms with Gasteiger partial charge in [-0.3, -0.25) is 37.3 Å². The van der Waals surface area contributed by atoms with Gasteiger partial charge in [0.1, 0.15) is 19.3 Å². The number of hydrogen-bond acceptors (Lipinski definition) is 15. The first-order valence-corrected chi connectivity index (χ1v) is 40.4. The van der Waals surface area contributed by atoms with E-state index in [1.54, 1.807) is 0 Å². The average Bonchev–Trinajstić information content (AvgIpc) is 3.49. The van der Waals surface area contributed by atoms with Crippen molar-refractivity contribution >= 4 is 39.5 Å². The standard InChI is InChI=1S/C72H140O17P2/c1-8-10-11-12-13-14-15-16-17-21-24-27-30-39-46-53-69(74)82-59-67(88-71(76)55-48-41-31-28-25-22-19-18-20-23-26-29-38-45-52-65(7)9-2)61-86-90(78,79)84-57-66(73)58-85-91(80,81)87-62-68(89-72(77)56-49-42-35-33-37-44-51-64(5)6)60-83-70(75)54-47-40-34-32-36-43-50-63(3)4/h63-68,73H,8-62H2,1-7H3,(H,78,79)(H,80,81)/t65?,66-,67-,68-/m1/s1. The van der Waals surface area contributed by atoms with Crippen molar-refractivity contribution in [2.24, 2.45) is 17.8 Å². The molecule has 0 saturated heterocycles. The van der Waals surface area contributed by atoms with Crippen LogP contribution in [-0.2, 0) is 65.4 Å². The molecule has 0 rings (SSSR count). The van der Waals surface area contributed by atoms with Crippen LogP contribution >= 0.6 is 15.6 Å². The first-order valence-electron chi connectivity index (χ1n) is 37.4. The van der Waals surface area contributed by atoms with Gasteiger partial charge in [-0.2, -0.15) is 0 Å². The monoisotopic (exact) mass is 1340 g/mol. The molecule has 3 unspecified atom stereocenters. The third kappa shape index (κ3) is 65.1. The van der Waals surface area contributed by atoms with Crippen LogP contribution in [-0.4, -0.2) is 96.7 Å². The molecule has 0 aliphatic rings. The molecule has 0 aliphatic heterocycles. The molecular weight excluding hydrogens is 1200 g/mol. The first-order chi connectivity index (χ1) is 43.8. The maximum atomic E-state index is 13.0. The van der Waals surface area contributed by atoms with Crippen molar-refractivity contribution in [3.05, 3.63) is 0 Å². The molecule has 17 nitrogen and oxygen atoms in total. The van der Waals surface area contributed by atoms with E-state index in [-0.39, 0.29) is 25.7 Å². The fourth-order valence-corrected chi connectivity index (χ4v) is 12.4. The van der Waals surface area contributed by atoms with E-state index in [1.165, 1.54) is 167 Å². The number of esters is 4. The van der Waals surface area contributed by atoms with E-state index >= 15 is 0 Å². The summed E-state index contributed by atoms with van der Waals surface area (Å²) in [7, 11) is -9.90. The Morgan fingerprint density at radius 2 is 0.560 bits per heavy atom. The molecule has 91 heavy (non-hydrogen) atoms. The van der Waals surface area contributed by atoms with Gasteiger partial charge in [0, 0.05) is 25.7 Å². The van der Waals surface area contributed by atoms with E-state index in [0.717, 1.165) is 102 Å². The molecule has 6 atom stereocenters. The van der Waals surface area contributed by atoms with Gasteiger partial charge in [0.05, 0.1) is 26.4 Å². The summed E-state index contributed by atoms with van der Waals surface area (Å²) >= 11 is 0. The fourth-order valence-electron chi connectivity index (χ4n) is 10.9. The second-order valence-corrected chi connectivity index (χ2v) is 30.1. The summed E-state index contributed by atoms with van der Waals surface area (Å²) < 4.78 is 68.3. The number of carbonyl (C=O) groups excluding carboxylic acids is 4. The van der Waals surface area contributed by atoms with Crippen LogP contribution in [0.4, 0.5) is 0 Å². The third-order valence-corrected chi connectivity index (χ3v) is 18.9. The smallest absolute Gasteiger partial charge is 0.462 e. The van der Waals surface area contributed by atoms with E-state index in [4.69, 9.17) is 37.0 Å². The Morgan fingerprint density at radius 3 is 0.835 bits per heavy atom.